The Kier molecular flexibility index (Phi) is 4.67. The standard InChI is InChI=1S/C20H27N3OS/c1-12-8-9-16-13(10-12)11-15-17(21)18(25-20(15)23-16)19(24)22-14-6-4-2-3-5-7-14/h11-12,14H,2-10,21H2,1H3,(H,22,24). The molecule has 0 bridgehead atoms. The molecule has 0 aromatic carbocycles. The summed E-state index contributed by atoms with van der Waals surface area (Å²) in [5.41, 5.74) is 9.47. The van der Waals surface area contributed by atoms with Crippen LogP contribution >= 0.6 is 11.3 Å². The molecular weight excluding hydrogens is 330 g/mol. The van der Waals surface area contributed by atoms with E-state index in [1.165, 1.54) is 54.7 Å². The van der Waals surface area contributed by atoms with Gasteiger partial charge in [-0.25, -0.2) is 4.98 Å². The number of thiophene rings is 1. The van der Waals surface area contributed by atoms with E-state index in [4.69, 9.17) is 10.7 Å². The Hall–Kier alpha value is -1.62. The normalized spacial score (nSPS) is 21.7. The molecular formula is C20H27N3OS. The summed E-state index contributed by atoms with van der Waals surface area (Å²) < 4.78 is 0. The van der Waals surface area contributed by atoms with Crippen molar-refractivity contribution in [2.24, 2.45) is 5.92 Å². The third kappa shape index (κ3) is 3.39. The van der Waals surface area contributed by atoms with Gasteiger partial charge in [0.1, 0.15) is 9.71 Å². The summed E-state index contributed by atoms with van der Waals surface area (Å²) >= 11 is 1.45. The minimum atomic E-state index is -0.0151. The van der Waals surface area contributed by atoms with E-state index in [1.54, 1.807) is 0 Å². The van der Waals surface area contributed by atoms with Crippen LogP contribution in [-0.4, -0.2) is 16.9 Å². The highest BCUT2D eigenvalue weighted by Gasteiger charge is 2.23. The molecule has 4 rings (SSSR count). The second-order valence-corrected chi connectivity index (χ2v) is 8.80. The molecule has 2 aromatic rings. The lowest BCUT2D eigenvalue weighted by Crippen LogP contribution is -2.34. The number of nitrogens with two attached hydrogens (primary N) is 1. The molecule has 2 aliphatic rings. The van der Waals surface area contributed by atoms with Crippen LogP contribution in [-0.2, 0) is 12.8 Å². The first-order valence-electron chi connectivity index (χ1n) is 9.63. The van der Waals surface area contributed by atoms with Crippen LogP contribution in [0.3, 0.4) is 0 Å². The quantitative estimate of drug-likeness (QED) is 0.780. The monoisotopic (exact) mass is 357 g/mol. The van der Waals surface area contributed by atoms with Gasteiger partial charge in [-0.3, -0.25) is 4.79 Å². The first-order valence-corrected chi connectivity index (χ1v) is 10.4. The zero-order valence-corrected chi connectivity index (χ0v) is 15.8. The number of nitrogen functional groups attached to an aromatic ring is 1. The zero-order chi connectivity index (χ0) is 17.4. The third-order valence-electron chi connectivity index (χ3n) is 5.73. The van der Waals surface area contributed by atoms with Crippen LogP contribution in [0.4, 0.5) is 5.69 Å². The van der Waals surface area contributed by atoms with E-state index < -0.39 is 0 Å². The van der Waals surface area contributed by atoms with Crippen molar-refractivity contribution in [1.29, 1.82) is 0 Å². The molecule has 1 fully saturated rings. The van der Waals surface area contributed by atoms with Gasteiger partial charge in [-0.1, -0.05) is 32.6 Å². The smallest absolute Gasteiger partial charge is 0.263 e. The molecule has 1 saturated carbocycles. The highest BCUT2D eigenvalue weighted by molar-refractivity contribution is 7.21. The number of fused-ring (bicyclic) bond motifs is 2. The fourth-order valence-corrected chi connectivity index (χ4v) is 5.22. The van der Waals surface area contributed by atoms with E-state index in [0.717, 1.165) is 35.9 Å². The summed E-state index contributed by atoms with van der Waals surface area (Å²) in [7, 11) is 0. The molecule has 4 nitrogen and oxygen atoms in total. The van der Waals surface area contributed by atoms with Crippen LogP contribution in [0, 0.1) is 5.92 Å². The molecule has 134 valence electrons. The van der Waals surface area contributed by atoms with Gasteiger partial charge in [-0.05, 0) is 49.7 Å². The Bertz CT molecular complexity index is 790. The molecule has 0 aliphatic heterocycles. The molecule has 2 aliphatic carbocycles. The average Bonchev–Trinajstić information content (AvgIpc) is 2.76. The van der Waals surface area contributed by atoms with E-state index in [1.807, 2.05) is 0 Å². The van der Waals surface area contributed by atoms with Crippen molar-refractivity contribution in [3.63, 3.8) is 0 Å². The van der Waals surface area contributed by atoms with E-state index in [9.17, 15) is 4.79 Å². The summed E-state index contributed by atoms with van der Waals surface area (Å²) in [6, 6.07) is 2.48. The number of anilines is 1. The number of carbonyl (C=O) groups is 1. The minimum Gasteiger partial charge on any atom is -0.397 e. The maximum absolute atomic E-state index is 12.8. The Morgan fingerprint density at radius 1 is 1.24 bits per heavy atom. The molecule has 1 atom stereocenters. The summed E-state index contributed by atoms with van der Waals surface area (Å²) in [4.78, 5) is 19.2. The second-order valence-electron chi connectivity index (χ2n) is 7.80. The molecule has 3 N–H and O–H groups in total. The number of carbonyl (C=O) groups excluding carboxylic acids is 1. The van der Waals surface area contributed by atoms with Crippen molar-refractivity contribution in [3.05, 3.63) is 22.2 Å². The van der Waals surface area contributed by atoms with E-state index in [-0.39, 0.29) is 5.91 Å². The number of rotatable bonds is 2. The van der Waals surface area contributed by atoms with Crippen LogP contribution in [0.1, 0.15) is 72.8 Å². The lowest BCUT2D eigenvalue weighted by molar-refractivity contribution is 0.0938. The number of hydrogen-bond acceptors (Lipinski definition) is 4. The van der Waals surface area contributed by atoms with Crippen molar-refractivity contribution in [3.8, 4) is 0 Å². The number of aryl methyl sites for hydroxylation is 1. The van der Waals surface area contributed by atoms with Crippen molar-refractivity contribution >= 4 is 33.1 Å². The predicted octanol–water partition coefficient (Wildman–Crippen LogP) is 4.46. The van der Waals surface area contributed by atoms with Gasteiger partial charge < -0.3 is 11.1 Å². The second kappa shape index (κ2) is 6.94. The zero-order valence-electron chi connectivity index (χ0n) is 14.9. The van der Waals surface area contributed by atoms with Crippen molar-refractivity contribution in [1.82, 2.24) is 10.3 Å². The molecule has 1 unspecified atom stereocenters. The number of nitrogens with zero attached hydrogens (tertiary/aromatic N) is 1. The summed E-state index contributed by atoms with van der Waals surface area (Å²) in [6.45, 7) is 2.29. The Balaban J connectivity index is 1.61. The predicted molar refractivity (Wildman–Crippen MR) is 104 cm³/mol. The molecule has 0 radical (unpaired) electrons. The van der Waals surface area contributed by atoms with Crippen molar-refractivity contribution in [2.75, 3.05) is 5.73 Å². The van der Waals surface area contributed by atoms with E-state index in [2.05, 4.69) is 18.3 Å². The number of pyridine rings is 1. The van der Waals surface area contributed by atoms with Gasteiger partial charge in [0.05, 0.1) is 5.69 Å². The third-order valence-corrected chi connectivity index (χ3v) is 6.84. The Labute approximate surface area is 153 Å². The summed E-state index contributed by atoms with van der Waals surface area (Å²) in [5.74, 6) is 0.684. The summed E-state index contributed by atoms with van der Waals surface area (Å²) in [5, 5.41) is 4.18. The molecule has 1 amide bonds. The molecule has 2 aromatic heterocycles. The van der Waals surface area contributed by atoms with Crippen molar-refractivity contribution < 1.29 is 4.79 Å². The molecule has 2 heterocycles. The van der Waals surface area contributed by atoms with E-state index in [0.29, 0.717) is 22.5 Å². The average molecular weight is 358 g/mol. The number of nitrogens with one attached hydrogen (secondary N) is 1. The van der Waals surface area contributed by atoms with E-state index >= 15 is 0 Å². The molecule has 25 heavy (non-hydrogen) atoms. The first-order chi connectivity index (χ1) is 12.1. The number of hydrogen-bond donors (Lipinski definition) is 2. The topological polar surface area (TPSA) is 68.0 Å². The van der Waals surface area contributed by atoms with Crippen LogP contribution in [0.15, 0.2) is 6.07 Å². The van der Waals surface area contributed by atoms with Crippen LogP contribution in [0.25, 0.3) is 10.2 Å². The van der Waals surface area contributed by atoms with Crippen LogP contribution < -0.4 is 11.1 Å². The first kappa shape index (κ1) is 16.8. The molecule has 0 spiro atoms. The maximum Gasteiger partial charge on any atom is 0.263 e. The summed E-state index contributed by atoms with van der Waals surface area (Å²) in [6.07, 6.45) is 10.4. The molecule has 5 heteroatoms. The fourth-order valence-electron chi connectivity index (χ4n) is 4.22. The maximum atomic E-state index is 12.8. The molecule has 0 saturated heterocycles. The van der Waals surface area contributed by atoms with Crippen LogP contribution in [0.2, 0.25) is 0 Å². The fraction of sp³-hybridized carbons (Fsp3) is 0.600. The highest BCUT2D eigenvalue weighted by Crippen LogP contribution is 2.36. The van der Waals surface area contributed by atoms with Gasteiger partial charge in [0.15, 0.2) is 0 Å². The van der Waals surface area contributed by atoms with Gasteiger partial charge in [0.25, 0.3) is 5.91 Å². The Morgan fingerprint density at radius 2 is 2.00 bits per heavy atom. The van der Waals surface area contributed by atoms with Gasteiger partial charge in [0, 0.05) is 17.1 Å². The van der Waals surface area contributed by atoms with Gasteiger partial charge >= 0.3 is 0 Å². The SMILES string of the molecule is CC1CCc2nc3sc(C(=O)NC4CCCCCC4)c(N)c3cc2C1. The highest BCUT2D eigenvalue weighted by atomic mass is 32.1. The largest absolute Gasteiger partial charge is 0.397 e. The minimum absolute atomic E-state index is 0.0151. The van der Waals surface area contributed by atoms with Gasteiger partial charge in [-0.2, -0.15) is 0 Å². The van der Waals surface area contributed by atoms with Crippen molar-refractivity contribution in [2.45, 2.75) is 70.8 Å². The lowest BCUT2D eigenvalue weighted by atomic mass is 9.87. The van der Waals surface area contributed by atoms with Gasteiger partial charge in [0.2, 0.25) is 0 Å². The number of amides is 1. The van der Waals surface area contributed by atoms with Gasteiger partial charge in [-0.15, -0.1) is 11.3 Å². The number of aromatic nitrogens is 1. The van der Waals surface area contributed by atoms with Crippen LogP contribution in [0.5, 0.6) is 0 Å². The Morgan fingerprint density at radius 3 is 2.76 bits per heavy atom. The lowest BCUT2D eigenvalue weighted by Gasteiger charge is -2.20.